The lowest BCUT2D eigenvalue weighted by Crippen LogP contribution is -2.37. The van der Waals surface area contributed by atoms with Gasteiger partial charge in [-0.05, 0) is 17.9 Å². The maximum atomic E-state index is 11.9. The van der Waals surface area contributed by atoms with E-state index in [9.17, 15) is 9.59 Å². The summed E-state index contributed by atoms with van der Waals surface area (Å²) in [4.78, 5) is 23.3. The third-order valence-electron chi connectivity index (χ3n) is 3.13. The van der Waals surface area contributed by atoms with Gasteiger partial charge in [0.1, 0.15) is 0 Å². The fraction of sp³-hybridized carbons (Fsp3) is 0.429. The molecule has 1 saturated heterocycles. The molecule has 0 saturated carbocycles. The van der Waals surface area contributed by atoms with Gasteiger partial charge >= 0.3 is 0 Å². The van der Waals surface area contributed by atoms with Crippen LogP contribution in [0.1, 0.15) is 31.2 Å². The minimum Gasteiger partial charge on any atom is -0.345 e. The summed E-state index contributed by atoms with van der Waals surface area (Å²) < 4.78 is 0. The highest BCUT2D eigenvalue weighted by Crippen LogP contribution is 2.21. The second-order valence-corrected chi connectivity index (χ2v) is 5.69. The van der Waals surface area contributed by atoms with Gasteiger partial charge in [-0.3, -0.25) is 9.59 Å². The van der Waals surface area contributed by atoms with Crippen molar-refractivity contribution in [3.63, 3.8) is 0 Å². The van der Waals surface area contributed by atoms with Crippen molar-refractivity contribution in [2.24, 2.45) is 0 Å². The number of carbonyl (C=O) groups is 2. The van der Waals surface area contributed by atoms with Crippen molar-refractivity contribution in [2.75, 3.05) is 5.75 Å². The zero-order chi connectivity index (χ0) is 13.0. The van der Waals surface area contributed by atoms with E-state index in [-0.39, 0.29) is 23.0 Å². The first-order chi connectivity index (χ1) is 8.66. The van der Waals surface area contributed by atoms with Crippen molar-refractivity contribution >= 4 is 22.8 Å². The summed E-state index contributed by atoms with van der Waals surface area (Å²) in [5, 5.41) is 2.91. The number of rotatable bonds is 4. The molecule has 0 aromatic heterocycles. The topological polar surface area (TPSA) is 46.2 Å². The van der Waals surface area contributed by atoms with Gasteiger partial charge in [0.2, 0.25) is 11.0 Å². The molecule has 0 aliphatic carbocycles. The van der Waals surface area contributed by atoms with Gasteiger partial charge in [0.05, 0.1) is 6.04 Å². The minimum absolute atomic E-state index is 0.0350. The lowest BCUT2D eigenvalue weighted by molar-refractivity contribution is -0.124. The summed E-state index contributed by atoms with van der Waals surface area (Å²) in [6.45, 7) is 2.03. The highest BCUT2D eigenvalue weighted by atomic mass is 32.2. The van der Waals surface area contributed by atoms with Crippen LogP contribution >= 0.6 is 11.8 Å². The van der Waals surface area contributed by atoms with Gasteiger partial charge in [0.25, 0.3) is 0 Å². The number of nitrogens with one attached hydrogen (secondary N) is 1. The summed E-state index contributed by atoms with van der Waals surface area (Å²) in [6, 6.07) is 9.68. The molecule has 0 radical (unpaired) electrons. The van der Waals surface area contributed by atoms with E-state index >= 15 is 0 Å². The van der Waals surface area contributed by atoms with Crippen LogP contribution in [0.5, 0.6) is 0 Å². The molecule has 1 aromatic carbocycles. The second-order valence-electron chi connectivity index (χ2n) is 4.59. The van der Waals surface area contributed by atoms with Crippen molar-refractivity contribution in [1.82, 2.24) is 5.32 Å². The Morgan fingerprint density at radius 2 is 2.17 bits per heavy atom. The van der Waals surface area contributed by atoms with Gasteiger partial charge < -0.3 is 5.32 Å². The zero-order valence-corrected chi connectivity index (χ0v) is 11.2. The first-order valence-electron chi connectivity index (χ1n) is 6.18. The van der Waals surface area contributed by atoms with E-state index in [1.165, 1.54) is 11.8 Å². The molecule has 1 heterocycles. The lowest BCUT2D eigenvalue weighted by atomic mass is 9.97. The van der Waals surface area contributed by atoms with Crippen molar-refractivity contribution in [3.8, 4) is 0 Å². The molecule has 0 spiro atoms. The summed E-state index contributed by atoms with van der Waals surface area (Å²) in [5.41, 5.74) is 1.15. The second kappa shape index (κ2) is 6.05. The first-order valence-corrected chi connectivity index (χ1v) is 7.16. The fourth-order valence-corrected chi connectivity index (χ4v) is 2.99. The molecule has 1 fully saturated rings. The molecule has 3 nitrogen and oxygen atoms in total. The predicted octanol–water partition coefficient (Wildman–Crippen LogP) is 2.33. The van der Waals surface area contributed by atoms with Gasteiger partial charge in [0.15, 0.2) is 0 Å². The van der Waals surface area contributed by atoms with Gasteiger partial charge in [-0.2, -0.15) is 0 Å². The molecule has 0 unspecified atom stereocenters. The van der Waals surface area contributed by atoms with Crippen LogP contribution in [0, 0.1) is 0 Å². The van der Waals surface area contributed by atoms with Crippen molar-refractivity contribution in [2.45, 2.75) is 31.7 Å². The molecule has 1 aliphatic heterocycles. The van der Waals surface area contributed by atoms with E-state index in [1.807, 2.05) is 37.3 Å². The monoisotopic (exact) mass is 263 g/mol. The summed E-state index contributed by atoms with van der Waals surface area (Å²) >= 11 is 1.31. The summed E-state index contributed by atoms with van der Waals surface area (Å²) in [6.07, 6.45) is 1.19. The molecule has 2 rings (SSSR count). The first kappa shape index (κ1) is 13.1. The minimum atomic E-state index is -0.273. The Kier molecular flexibility index (Phi) is 4.42. The molecule has 4 heteroatoms. The summed E-state index contributed by atoms with van der Waals surface area (Å²) in [7, 11) is 0. The maximum absolute atomic E-state index is 11.9. The van der Waals surface area contributed by atoms with E-state index in [4.69, 9.17) is 0 Å². The summed E-state index contributed by atoms with van der Waals surface area (Å²) in [5.74, 6) is 0.959. The number of benzene rings is 1. The Morgan fingerprint density at radius 3 is 2.78 bits per heavy atom. The van der Waals surface area contributed by atoms with E-state index < -0.39 is 0 Å². The fourth-order valence-electron chi connectivity index (χ4n) is 2.06. The Bertz CT molecular complexity index is 433. The van der Waals surface area contributed by atoms with Gasteiger partial charge in [-0.15, -0.1) is 0 Å². The van der Waals surface area contributed by atoms with Crippen LogP contribution < -0.4 is 5.32 Å². The highest BCUT2D eigenvalue weighted by molar-refractivity contribution is 8.14. The Hall–Kier alpha value is -1.29. The Morgan fingerprint density at radius 1 is 1.44 bits per heavy atom. The number of hydrogen-bond acceptors (Lipinski definition) is 3. The van der Waals surface area contributed by atoms with E-state index in [0.29, 0.717) is 6.42 Å². The molecular formula is C14H17NO2S. The number of hydrogen-bond donors (Lipinski definition) is 1. The molecule has 1 N–H and O–H groups in total. The van der Waals surface area contributed by atoms with Crippen LogP contribution in [-0.4, -0.2) is 22.8 Å². The van der Waals surface area contributed by atoms with Crippen molar-refractivity contribution in [1.29, 1.82) is 0 Å². The van der Waals surface area contributed by atoms with Crippen LogP contribution in [0.2, 0.25) is 0 Å². The van der Waals surface area contributed by atoms with E-state index in [0.717, 1.165) is 17.7 Å². The average molecular weight is 263 g/mol. The molecule has 0 bridgehead atoms. The molecule has 18 heavy (non-hydrogen) atoms. The van der Waals surface area contributed by atoms with Crippen LogP contribution in [0.15, 0.2) is 30.3 Å². The largest absolute Gasteiger partial charge is 0.345 e. The van der Waals surface area contributed by atoms with Crippen molar-refractivity contribution in [3.05, 3.63) is 35.9 Å². The smallest absolute Gasteiger partial charge is 0.221 e. The van der Waals surface area contributed by atoms with Gasteiger partial charge in [0, 0.05) is 12.2 Å². The quantitative estimate of drug-likeness (QED) is 0.907. The Balaban J connectivity index is 1.86. The third-order valence-corrected chi connectivity index (χ3v) is 4.14. The van der Waals surface area contributed by atoms with E-state index in [1.54, 1.807) is 0 Å². The average Bonchev–Trinajstić information content (AvgIpc) is 2.76. The highest BCUT2D eigenvalue weighted by Gasteiger charge is 2.27. The molecule has 1 amide bonds. The van der Waals surface area contributed by atoms with E-state index in [2.05, 4.69) is 5.32 Å². The molecule has 1 aromatic rings. The van der Waals surface area contributed by atoms with Gasteiger partial charge in [-0.25, -0.2) is 0 Å². The number of thioether (sulfide) groups is 1. The lowest BCUT2D eigenvalue weighted by Gasteiger charge is -2.14. The van der Waals surface area contributed by atoms with Gasteiger partial charge in [-0.1, -0.05) is 49.0 Å². The molecule has 2 atom stereocenters. The van der Waals surface area contributed by atoms with Crippen LogP contribution in [0.4, 0.5) is 0 Å². The molecule has 1 aliphatic rings. The van der Waals surface area contributed by atoms with Crippen LogP contribution in [0.25, 0.3) is 0 Å². The number of amides is 1. The Labute approximate surface area is 111 Å². The standard InChI is InChI=1S/C14H17NO2S/c1-10(11-5-3-2-4-6-11)9-13(16)15-12-7-8-18-14(12)17/h2-6,10,12H,7-9H2,1H3,(H,15,16)/t10-,12-/m0/s1. The zero-order valence-electron chi connectivity index (χ0n) is 10.4. The number of carbonyl (C=O) groups excluding carboxylic acids is 2. The normalized spacial score (nSPS) is 20.7. The maximum Gasteiger partial charge on any atom is 0.221 e. The van der Waals surface area contributed by atoms with Crippen molar-refractivity contribution < 1.29 is 9.59 Å². The van der Waals surface area contributed by atoms with Crippen LogP contribution in [-0.2, 0) is 9.59 Å². The molecular weight excluding hydrogens is 246 g/mol. The third kappa shape index (κ3) is 3.35. The SMILES string of the molecule is C[C@@H](CC(=O)N[C@H]1CCSC1=O)c1ccccc1. The van der Waals surface area contributed by atoms with Crippen LogP contribution in [0.3, 0.4) is 0 Å². The molecule has 96 valence electrons. The predicted molar refractivity (Wildman–Crippen MR) is 73.5 cm³/mol.